The van der Waals surface area contributed by atoms with E-state index in [-0.39, 0.29) is 13.2 Å². The van der Waals surface area contributed by atoms with Crippen LogP contribution in [-0.2, 0) is 14.3 Å². The van der Waals surface area contributed by atoms with Gasteiger partial charge in [-0.1, -0.05) is 34.6 Å². The number of carbonyl (C=O) groups excluding carboxylic acids is 2. The zero-order valence-electron chi connectivity index (χ0n) is 13.5. The highest BCUT2D eigenvalue weighted by atomic mass is 16.5. The fourth-order valence-electron chi connectivity index (χ4n) is 0.940. The monoisotopic (exact) mass is 278 g/mol. The molecule has 0 saturated carbocycles. The Bertz CT molecular complexity index is 203. The predicted octanol–water partition coefficient (Wildman–Crippen LogP) is 2.35. The summed E-state index contributed by atoms with van der Waals surface area (Å²) in [5, 5.41) is 5.13. The molecule has 0 aromatic rings. The number of amides is 2. The lowest BCUT2D eigenvalue weighted by Crippen LogP contribution is -2.29. The predicted molar refractivity (Wildman–Crippen MR) is 82.2 cm³/mol. The van der Waals surface area contributed by atoms with Crippen LogP contribution in [0.3, 0.4) is 0 Å². The van der Waals surface area contributed by atoms with Gasteiger partial charge >= 0.3 is 0 Å². The van der Waals surface area contributed by atoms with E-state index in [2.05, 4.69) is 10.6 Å². The molecule has 0 aliphatic carbocycles. The van der Waals surface area contributed by atoms with Crippen molar-refractivity contribution in [2.75, 3.05) is 26.8 Å². The van der Waals surface area contributed by atoms with Crippen molar-refractivity contribution >= 4 is 11.8 Å². The molecule has 0 aromatic carbocycles. The third kappa shape index (κ3) is 22.5. The van der Waals surface area contributed by atoms with Crippen molar-refractivity contribution in [2.24, 2.45) is 0 Å². The molecule has 0 aliphatic heterocycles. The van der Waals surface area contributed by atoms with Crippen LogP contribution >= 0.6 is 0 Å². The average molecular weight is 278 g/mol. The lowest BCUT2D eigenvalue weighted by molar-refractivity contribution is -0.122. The van der Waals surface area contributed by atoms with Gasteiger partial charge in [0.25, 0.3) is 0 Å². The average Bonchev–Trinajstić information content (AvgIpc) is 2.47. The van der Waals surface area contributed by atoms with Gasteiger partial charge in [-0.25, -0.2) is 0 Å². The Labute approximate surface area is 120 Å². The first-order chi connectivity index (χ1) is 9.20. The van der Waals surface area contributed by atoms with Crippen molar-refractivity contribution in [1.29, 1.82) is 0 Å². The Balaban J connectivity index is -0.000000233. The normalized spacial score (nSPS) is 8.32. The van der Waals surface area contributed by atoms with E-state index >= 15 is 0 Å². The Kier molecular flexibility index (Phi) is 26.8. The largest absolute Gasteiger partial charge is 0.381 e. The molecule has 2 N–H and O–H groups in total. The van der Waals surface area contributed by atoms with E-state index in [4.69, 9.17) is 4.74 Å². The minimum absolute atomic E-state index is 0. The molecule has 5 heteroatoms. The first kappa shape index (κ1) is 23.0. The number of hydrogen-bond donors (Lipinski definition) is 2. The minimum Gasteiger partial charge on any atom is -0.381 e. The maximum absolute atomic E-state index is 11.2. The zero-order chi connectivity index (χ0) is 15.5. The summed E-state index contributed by atoms with van der Waals surface area (Å²) in [5.41, 5.74) is 0. The number of nitrogens with one attached hydrogen (secondary N) is 2. The van der Waals surface area contributed by atoms with Crippen molar-refractivity contribution in [3.05, 3.63) is 0 Å². The van der Waals surface area contributed by atoms with Crippen LogP contribution in [0, 0.1) is 0 Å². The quantitative estimate of drug-likeness (QED) is 0.670. The molecule has 0 saturated heterocycles. The topological polar surface area (TPSA) is 67.4 Å². The molecule has 0 unspecified atom stereocenters. The smallest absolute Gasteiger partial charge is 0.222 e. The lowest BCUT2D eigenvalue weighted by atomic mass is 10.3. The van der Waals surface area contributed by atoms with Gasteiger partial charge in [-0.15, -0.1) is 0 Å². The van der Waals surface area contributed by atoms with Gasteiger partial charge in [0.15, 0.2) is 0 Å². The van der Waals surface area contributed by atoms with E-state index in [0.29, 0.717) is 32.6 Å². The van der Waals surface area contributed by atoms with Crippen molar-refractivity contribution in [3.8, 4) is 0 Å². The Morgan fingerprint density at radius 3 is 2.05 bits per heavy atom. The van der Waals surface area contributed by atoms with Crippen molar-refractivity contribution in [1.82, 2.24) is 10.6 Å². The van der Waals surface area contributed by atoms with Crippen LogP contribution in [0.4, 0.5) is 0 Å². The van der Waals surface area contributed by atoms with Crippen LogP contribution in [0.2, 0.25) is 0 Å². The molecule has 0 bridgehead atoms. The fraction of sp³-hybridized carbons (Fsp3) is 0.857. The molecule has 118 valence electrons. The molecule has 0 atom stereocenters. The van der Waals surface area contributed by atoms with Gasteiger partial charge in [-0.05, 0) is 6.42 Å². The second-order valence-corrected chi connectivity index (χ2v) is 3.14. The number of ether oxygens (including phenoxy) is 1. The number of hydrogen-bond acceptors (Lipinski definition) is 3. The molecule has 19 heavy (non-hydrogen) atoms. The van der Waals surface area contributed by atoms with Crippen molar-refractivity contribution in [3.63, 3.8) is 0 Å². The molecular weight excluding hydrogens is 244 g/mol. The maximum Gasteiger partial charge on any atom is 0.222 e. The molecule has 5 nitrogen and oxygen atoms in total. The maximum atomic E-state index is 11.2. The number of carbonyl (C=O) groups is 2. The van der Waals surface area contributed by atoms with E-state index in [0.717, 1.165) is 6.42 Å². The molecule has 0 radical (unpaired) electrons. The number of rotatable bonds is 8. The Morgan fingerprint density at radius 2 is 1.58 bits per heavy atom. The van der Waals surface area contributed by atoms with Crippen LogP contribution < -0.4 is 10.6 Å². The molecule has 0 aliphatic rings. The lowest BCUT2D eigenvalue weighted by Gasteiger charge is -2.04. The third-order valence-corrected chi connectivity index (χ3v) is 1.77. The molecule has 0 rings (SSSR count). The third-order valence-electron chi connectivity index (χ3n) is 1.77. The van der Waals surface area contributed by atoms with Crippen molar-refractivity contribution in [2.45, 2.75) is 53.9 Å². The Hall–Kier alpha value is -1.10. The zero-order valence-corrected chi connectivity index (χ0v) is 13.5. The second-order valence-electron chi connectivity index (χ2n) is 3.14. The van der Waals surface area contributed by atoms with Gasteiger partial charge in [0.2, 0.25) is 11.8 Å². The van der Waals surface area contributed by atoms with E-state index in [9.17, 15) is 9.59 Å². The highest BCUT2D eigenvalue weighted by molar-refractivity contribution is 5.78. The summed E-state index contributed by atoms with van der Waals surface area (Å²) in [6, 6.07) is 0. The second kappa shape index (κ2) is 22.1. The minimum atomic E-state index is -0.0741. The standard InChI is InChI=1S/C10H20N2O3.2C2H6.H2/c1-3-7-15-8-5-10(14)12-6-4-9(13)11-2;2*1-2;/h3-8H2,1-2H3,(H,11,13)(H,12,14);2*1-2H3;1H. The molecule has 0 heterocycles. The summed E-state index contributed by atoms with van der Waals surface area (Å²) in [6.07, 6.45) is 1.63. The SMILES string of the molecule is CC.CC.CCCOCCC(=O)NCCC(=O)NC.[HH]. The van der Waals surface area contributed by atoms with Gasteiger partial charge in [-0.2, -0.15) is 0 Å². The molecule has 2 amide bonds. The summed E-state index contributed by atoms with van der Waals surface area (Å²) in [4.78, 5) is 22.0. The highest BCUT2D eigenvalue weighted by Gasteiger charge is 2.02. The summed E-state index contributed by atoms with van der Waals surface area (Å²) in [5.74, 6) is -0.146. The van der Waals surface area contributed by atoms with E-state index < -0.39 is 0 Å². The summed E-state index contributed by atoms with van der Waals surface area (Å²) in [6.45, 7) is 11.5. The molecular formula is C14H34N2O3. The fourth-order valence-corrected chi connectivity index (χ4v) is 0.940. The van der Waals surface area contributed by atoms with E-state index in [1.54, 1.807) is 7.05 Å². The van der Waals surface area contributed by atoms with Crippen LogP contribution in [-0.4, -0.2) is 38.6 Å². The van der Waals surface area contributed by atoms with Crippen LogP contribution in [0.15, 0.2) is 0 Å². The van der Waals surface area contributed by atoms with Crippen LogP contribution in [0.25, 0.3) is 0 Å². The summed E-state index contributed by atoms with van der Waals surface area (Å²) in [7, 11) is 1.57. The summed E-state index contributed by atoms with van der Waals surface area (Å²) < 4.78 is 5.16. The highest BCUT2D eigenvalue weighted by Crippen LogP contribution is 1.86. The van der Waals surface area contributed by atoms with Crippen LogP contribution in [0.1, 0.15) is 55.3 Å². The molecule has 0 spiro atoms. The molecule has 0 fully saturated rings. The molecule has 0 aromatic heterocycles. The van der Waals surface area contributed by atoms with Gasteiger partial charge in [0, 0.05) is 34.5 Å². The van der Waals surface area contributed by atoms with Gasteiger partial charge in [-0.3, -0.25) is 9.59 Å². The Morgan fingerprint density at radius 1 is 1.00 bits per heavy atom. The summed E-state index contributed by atoms with van der Waals surface area (Å²) >= 11 is 0. The van der Waals surface area contributed by atoms with E-state index in [1.807, 2.05) is 34.6 Å². The first-order valence-electron chi connectivity index (χ1n) is 7.25. The van der Waals surface area contributed by atoms with Gasteiger partial charge in [0.1, 0.15) is 0 Å². The van der Waals surface area contributed by atoms with Gasteiger partial charge in [0.05, 0.1) is 6.61 Å². The van der Waals surface area contributed by atoms with Crippen LogP contribution in [0.5, 0.6) is 0 Å². The van der Waals surface area contributed by atoms with Gasteiger partial charge < -0.3 is 15.4 Å². The first-order valence-corrected chi connectivity index (χ1v) is 7.25. The van der Waals surface area contributed by atoms with Crippen molar-refractivity contribution < 1.29 is 15.8 Å². The van der Waals surface area contributed by atoms with E-state index in [1.165, 1.54) is 0 Å².